The Morgan fingerprint density at radius 2 is 1.64 bits per heavy atom. The molecule has 180 valence electrons. The Kier molecular flexibility index (Phi) is 8.17. The lowest BCUT2D eigenvalue weighted by Crippen LogP contribution is -2.14. The van der Waals surface area contributed by atoms with Gasteiger partial charge in [-0.3, -0.25) is 4.79 Å². The van der Waals surface area contributed by atoms with Gasteiger partial charge in [-0.1, -0.05) is 76.9 Å². The number of rotatable bonds is 7. The molecular weight excluding hydrogens is 513 g/mol. The highest BCUT2D eigenvalue weighted by atomic mass is 35.5. The standard InChI is InChI=1S/C28H21Cl2N3O2S/c1-17-3-5-19(6-4-17)26-14-24(18-7-9-23(35-2)10-8-18)25(15-31)28(33-26)36-16-27(34)32-22-12-20(29)11-21(30)13-22/h3-14H,16H2,1-2H3,(H,32,34). The van der Waals surface area contributed by atoms with Crippen LogP contribution in [0.2, 0.25) is 10.0 Å². The van der Waals surface area contributed by atoms with Crippen LogP contribution in [0.5, 0.6) is 5.75 Å². The lowest BCUT2D eigenvalue weighted by atomic mass is 9.99. The number of hydrogen-bond acceptors (Lipinski definition) is 5. The number of pyridine rings is 1. The van der Waals surface area contributed by atoms with Crippen LogP contribution in [-0.4, -0.2) is 23.8 Å². The van der Waals surface area contributed by atoms with Crippen molar-refractivity contribution in [2.75, 3.05) is 18.2 Å². The van der Waals surface area contributed by atoms with Crippen LogP contribution < -0.4 is 10.1 Å². The minimum atomic E-state index is -0.268. The second kappa shape index (κ2) is 11.5. The number of anilines is 1. The Balaban J connectivity index is 1.69. The van der Waals surface area contributed by atoms with Gasteiger partial charge in [0, 0.05) is 26.9 Å². The van der Waals surface area contributed by atoms with E-state index in [-0.39, 0.29) is 11.7 Å². The zero-order valence-electron chi connectivity index (χ0n) is 19.5. The number of hydrogen-bond donors (Lipinski definition) is 1. The first kappa shape index (κ1) is 25.6. The first-order valence-electron chi connectivity index (χ1n) is 10.9. The summed E-state index contributed by atoms with van der Waals surface area (Å²) in [6.45, 7) is 2.02. The third kappa shape index (κ3) is 6.19. The van der Waals surface area contributed by atoms with Crippen LogP contribution in [0, 0.1) is 18.3 Å². The average Bonchev–Trinajstić information content (AvgIpc) is 2.86. The Hall–Kier alpha value is -3.50. The van der Waals surface area contributed by atoms with Crippen molar-refractivity contribution in [1.82, 2.24) is 4.98 Å². The molecule has 5 nitrogen and oxygen atoms in total. The number of nitriles is 1. The summed E-state index contributed by atoms with van der Waals surface area (Å²) in [7, 11) is 1.61. The number of nitrogens with zero attached hydrogens (tertiary/aromatic N) is 2. The molecular formula is C28H21Cl2N3O2S. The number of aromatic nitrogens is 1. The summed E-state index contributed by atoms with van der Waals surface area (Å²) in [6, 6.07) is 24.5. The normalized spacial score (nSPS) is 10.5. The predicted octanol–water partition coefficient (Wildman–Crippen LogP) is 7.64. The van der Waals surface area contributed by atoms with Crippen molar-refractivity contribution in [2.45, 2.75) is 11.9 Å². The van der Waals surface area contributed by atoms with Crippen LogP contribution in [0.15, 0.2) is 77.8 Å². The molecule has 0 aliphatic heterocycles. The number of benzene rings is 3. The third-order valence-electron chi connectivity index (χ3n) is 5.33. The van der Waals surface area contributed by atoms with Gasteiger partial charge in [0.2, 0.25) is 5.91 Å². The topological polar surface area (TPSA) is 75.0 Å². The van der Waals surface area contributed by atoms with E-state index in [2.05, 4.69) is 11.4 Å². The number of amides is 1. The van der Waals surface area contributed by atoms with Crippen molar-refractivity contribution in [3.05, 3.63) is 94.0 Å². The number of carbonyl (C=O) groups is 1. The van der Waals surface area contributed by atoms with Crippen molar-refractivity contribution < 1.29 is 9.53 Å². The number of halogens is 2. The van der Waals surface area contributed by atoms with E-state index in [9.17, 15) is 10.1 Å². The lowest BCUT2D eigenvalue weighted by Gasteiger charge is -2.13. The minimum Gasteiger partial charge on any atom is -0.497 e. The molecule has 0 unspecified atom stereocenters. The van der Waals surface area contributed by atoms with Crippen LogP contribution >= 0.6 is 35.0 Å². The van der Waals surface area contributed by atoms with Crippen molar-refractivity contribution in [3.63, 3.8) is 0 Å². The summed E-state index contributed by atoms with van der Waals surface area (Å²) in [5.41, 5.74) is 5.25. The van der Waals surface area contributed by atoms with Crippen LogP contribution in [0.1, 0.15) is 11.1 Å². The molecule has 36 heavy (non-hydrogen) atoms. The van der Waals surface area contributed by atoms with Crippen molar-refractivity contribution in [2.24, 2.45) is 0 Å². The average molecular weight is 534 g/mol. The Labute approximate surface area is 224 Å². The van der Waals surface area contributed by atoms with Gasteiger partial charge in [0.05, 0.1) is 24.1 Å². The fraction of sp³-hybridized carbons (Fsp3) is 0.107. The maximum Gasteiger partial charge on any atom is 0.234 e. The Morgan fingerprint density at radius 3 is 2.25 bits per heavy atom. The first-order chi connectivity index (χ1) is 17.4. The molecule has 1 heterocycles. The quantitative estimate of drug-likeness (QED) is 0.247. The number of carbonyl (C=O) groups excluding carboxylic acids is 1. The molecule has 0 spiro atoms. The monoisotopic (exact) mass is 533 g/mol. The molecule has 1 amide bonds. The molecule has 0 saturated heterocycles. The summed E-state index contributed by atoms with van der Waals surface area (Å²) in [5, 5.41) is 14.2. The number of aryl methyl sites for hydroxylation is 1. The van der Waals surface area contributed by atoms with Gasteiger partial charge in [0.25, 0.3) is 0 Å². The van der Waals surface area contributed by atoms with Crippen molar-refractivity contribution in [1.29, 1.82) is 5.26 Å². The van der Waals surface area contributed by atoms with Gasteiger partial charge in [0.1, 0.15) is 16.8 Å². The van der Waals surface area contributed by atoms with E-state index in [1.807, 2.05) is 61.5 Å². The zero-order valence-corrected chi connectivity index (χ0v) is 21.8. The van der Waals surface area contributed by atoms with E-state index < -0.39 is 0 Å². The molecule has 0 aliphatic carbocycles. The highest BCUT2D eigenvalue weighted by molar-refractivity contribution is 8.00. The molecule has 0 radical (unpaired) electrons. The molecule has 0 bridgehead atoms. The number of nitrogens with one attached hydrogen (secondary N) is 1. The minimum absolute atomic E-state index is 0.0468. The smallest absolute Gasteiger partial charge is 0.234 e. The molecule has 0 aliphatic rings. The van der Waals surface area contributed by atoms with Crippen LogP contribution in [0.3, 0.4) is 0 Å². The second-order valence-electron chi connectivity index (χ2n) is 7.94. The SMILES string of the molecule is COc1ccc(-c2cc(-c3ccc(C)cc3)nc(SCC(=O)Nc3cc(Cl)cc(Cl)c3)c2C#N)cc1. The molecule has 3 aromatic carbocycles. The summed E-state index contributed by atoms with van der Waals surface area (Å²) >= 11 is 13.3. The fourth-order valence-corrected chi connectivity index (χ4v) is 4.89. The molecule has 0 fully saturated rings. The van der Waals surface area contributed by atoms with Gasteiger partial charge in [-0.25, -0.2) is 4.98 Å². The predicted molar refractivity (Wildman–Crippen MR) is 147 cm³/mol. The number of thioether (sulfide) groups is 1. The maximum absolute atomic E-state index is 12.7. The molecule has 4 aromatic rings. The van der Waals surface area contributed by atoms with Gasteiger partial charge in [-0.05, 0) is 48.9 Å². The molecule has 1 aromatic heterocycles. The van der Waals surface area contributed by atoms with Crippen LogP contribution in [0.25, 0.3) is 22.4 Å². The third-order valence-corrected chi connectivity index (χ3v) is 6.74. The van der Waals surface area contributed by atoms with Gasteiger partial charge in [0.15, 0.2) is 0 Å². The highest BCUT2D eigenvalue weighted by Gasteiger charge is 2.17. The lowest BCUT2D eigenvalue weighted by molar-refractivity contribution is -0.113. The van der Waals surface area contributed by atoms with Crippen molar-refractivity contribution >= 4 is 46.6 Å². The Bertz CT molecular complexity index is 1430. The summed E-state index contributed by atoms with van der Waals surface area (Å²) in [4.78, 5) is 17.4. The van der Waals surface area contributed by atoms with Gasteiger partial charge < -0.3 is 10.1 Å². The number of ether oxygens (including phenoxy) is 1. The largest absolute Gasteiger partial charge is 0.497 e. The van der Waals surface area contributed by atoms with Crippen LogP contribution in [0.4, 0.5) is 5.69 Å². The summed E-state index contributed by atoms with van der Waals surface area (Å²) in [5.74, 6) is 0.499. The Morgan fingerprint density at radius 1 is 1.00 bits per heavy atom. The fourth-order valence-electron chi connectivity index (χ4n) is 3.56. The van der Waals surface area contributed by atoms with Gasteiger partial charge in [-0.15, -0.1) is 0 Å². The van der Waals surface area contributed by atoms with Gasteiger partial charge >= 0.3 is 0 Å². The van der Waals surface area contributed by atoms with Gasteiger partial charge in [-0.2, -0.15) is 5.26 Å². The molecule has 4 rings (SSSR count). The molecule has 0 atom stereocenters. The van der Waals surface area contributed by atoms with Crippen LogP contribution in [-0.2, 0) is 4.79 Å². The molecule has 1 N–H and O–H groups in total. The van der Waals surface area contributed by atoms with E-state index in [1.54, 1.807) is 25.3 Å². The maximum atomic E-state index is 12.7. The van der Waals surface area contributed by atoms with E-state index in [0.29, 0.717) is 32.0 Å². The first-order valence-corrected chi connectivity index (χ1v) is 12.7. The molecule has 0 saturated carbocycles. The van der Waals surface area contributed by atoms with E-state index in [0.717, 1.165) is 28.0 Å². The van der Waals surface area contributed by atoms with E-state index in [1.165, 1.54) is 11.8 Å². The van der Waals surface area contributed by atoms with E-state index in [4.69, 9.17) is 32.9 Å². The van der Waals surface area contributed by atoms with Crippen molar-refractivity contribution in [3.8, 4) is 34.2 Å². The number of methoxy groups -OCH3 is 1. The second-order valence-corrected chi connectivity index (χ2v) is 9.77. The summed E-state index contributed by atoms with van der Waals surface area (Å²) < 4.78 is 5.28. The summed E-state index contributed by atoms with van der Waals surface area (Å²) in [6.07, 6.45) is 0. The van der Waals surface area contributed by atoms with E-state index >= 15 is 0 Å². The molecule has 8 heteroatoms. The zero-order chi connectivity index (χ0) is 25.7. The highest BCUT2D eigenvalue weighted by Crippen LogP contribution is 2.35.